The first-order valence-corrected chi connectivity index (χ1v) is 32.1. The van der Waals surface area contributed by atoms with Crippen LogP contribution in [0.4, 0.5) is 17.1 Å². The monoisotopic (exact) mass is 1170 g/mol. The minimum atomic E-state index is -0.757. The Kier molecular flexibility index (Phi) is 10.6. The molecule has 0 saturated carbocycles. The second kappa shape index (κ2) is 18.4. The van der Waals surface area contributed by atoms with Gasteiger partial charge in [0.15, 0.2) is 0 Å². The van der Waals surface area contributed by atoms with Gasteiger partial charge in [-0.1, -0.05) is 246 Å². The van der Waals surface area contributed by atoms with Crippen molar-refractivity contribution in [1.29, 1.82) is 0 Å². The fourth-order valence-electron chi connectivity index (χ4n) is 18.1. The molecule has 2 heterocycles. The highest BCUT2D eigenvalue weighted by Gasteiger charge is 2.53. The molecule has 4 aliphatic rings. The summed E-state index contributed by atoms with van der Waals surface area (Å²) in [4.78, 5) is 2.58. The van der Waals surface area contributed by atoms with Crippen LogP contribution in [0, 0.1) is 13.8 Å². The Morgan fingerprint density at radius 2 is 0.758 bits per heavy atom. The maximum absolute atomic E-state index is 7.10. The zero-order valence-electron chi connectivity index (χ0n) is 51.7. The van der Waals surface area contributed by atoms with Gasteiger partial charge in [-0.05, 0) is 185 Å². The van der Waals surface area contributed by atoms with Crippen LogP contribution in [-0.2, 0) is 21.7 Å². The quantitative estimate of drug-likeness (QED) is 0.159. The van der Waals surface area contributed by atoms with Crippen molar-refractivity contribution in [2.45, 2.75) is 63.2 Å². The third-order valence-corrected chi connectivity index (χ3v) is 21.8. The third-order valence-electron chi connectivity index (χ3n) is 21.8. The van der Waals surface area contributed by atoms with Gasteiger partial charge in [0.2, 0.25) is 0 Å². The predicted octanol–water partition coefficient (Wildman–Crippen LogP) is 22.9. The van der Waals surface area contributed by atoms with Crippen LogP contribution in [-0.4, -0.2) is 0 Å². The lowest BCUT2D eigenvalue weighted by molar-refractivity contribution is 0.600. The minimum absolute atomic E-state index is 0.268. The molecule has 0 spiro atoms. The van der Waals surface area contributed by atoms with Gasteiger partial charge in [0.25, 0.3) is 0 Å². The van der Waals surface area contributed by atoms with Gasteiger partial charge in [-0.25, -0.2) is 0 Å². The molecule has 3 heteroatoms. The highest BCUT2D eigenvalue weighted by atomic mass is 16.3. The molecule has 2 aromatic heterocycles. The van der Waals surface area contributed by atoms with Crippen molar-refractivity contribution >= 4 is 60.9 Å². The highest BCUT2D eigenvalue weighted by molar-refractivity contribution is 6.21. The van der Waals surface area contributed by atoms with Gasteiger partial charge < -0.3 is 13.7 Å². The third kappa shape index (κ3) is 6.62. The van der Waals surface area contributed by atoms with Crippen LogP contribution < -0.4 is 4.90 Å². The number of benzene rings is 13. The lowest BCUT2D eigenvalue weighted by Crippen LogP contribution is -2.30. The van der Waals surface area contributed by atoms with Crippen LogP contribution in [0.15, 0.2) is 282 Å². The molecule has 19 rings (SSSR count). The van der Waals surface area contributed by atoms with Gasteiger partial charge in [0.1, 0.15) is 22.3 Å². The largest absolute Gasteiger partial charge is 0.456 e. The van der Waals surface area contributed by atoms with Crippen LogP contribution in [0.2, 0.25) is 0 Å². The number of aryl methyl sites for hydroxylation is 2. The second-order valence-corrected chi connectivity index (χ2v) is 27.0. The molecule has 13 aromatic carbocycles. The fourth-order valence-corrected chi connectivity index (χ4v) is 18.1. The number of fused-ring (bicyclic) bond motifs is 22. The van der Waals surface area contributed by atoms with Crippen molar-refractivity contribution in [1.82, 2.24) is 0 Å². The molecule has 15 aromatic rings. The van der Waals surface area contributed by atoms with Gasteiger partial charge in [0, 0.05) is 49.3 Å². The fraction of sp³-hybridized carbons (Fsp3) is 0.114. The van der Waals surface area contributed by atoms with E-state index in [0.717, 1.165) is 49.9 Å². The number of hydrogen-bond donors (Lipinski definition) is 0. The van der Waals surface area contributed by atoms with Crippen molar-refractivity contribution < 1.29 is 8.83 Å². The Balaban J connectivity index is 0.891. The Labute approximate surface area is 530 Å². The first kappa shape index (κ1) is 52.2. The number of furan rings is 2. The molecule has 0 aliphatic heterocycles. The maximum Gasteiger partial charge on any atom is 0.144 e. The number of para-hydroxylation sites is 3. The predicted molar refractivity (Wildman–Crippen MR) is 375 cm³/mol. The molecule has 0 bridgehead atoms. The van der Waals surface area contributed by atoms with Crippen molar-refractivity contribution in [3.05, 3.63) is 351 Å². The zero-order valence-corrected chi connectivity index (χ0v) is 51.7. The van der Waals surface area contributed by atoms with E-state index in [9.17, 15) is 0 Å². The first-order valence-electron chi connectivity index (χ1n) is 32.1. The lowest BCUT2D eigenvalue weighted by Gasteiger charge is -2.36. The summed E-state index contributed by atoms with van der Waals surface area (Å²) in [6.07, 6.45) is 0. The van der Waals surface area contributed by atoms with E-state index in [1.54, 1.807) is 0 Å². The normalized spacial score (nSPS) is 15.3. The summed E-state index contributed by atoms with van der Waals surface area (Å²) >= 11 is 0. The molecule has 432 valence electrons. The molecule has 0 unspecified atom stereocenters. The number of anilines is 3. The van der Waals surface area contributed by atoms with E-state index >= 15 is 0 Å². The van der Waals surface area contributed by atoms with Gasteiger partial charge in [-0.2, -0.15) is 0 Å². The minimum Gasteiger partial charge on any atom is -0.456 e. The summed E-state index contributed by atoms with van der Waals surface area (Å²) in [6.45, 7) is 14.3. The van der Waals surface area contributed by atoms with Crippen molar-refractivity contribution in [3.63, 3.8) is 0 Å². The number of hydrogen-bond acceptors (Lipinski definition) is 3. The van der Waals surface area contributed by atoms with E-state index in [2.05, 4.69) is 319 Å². The summed E-state index contributed by atoms with van der Waals surface area (Å²) in [6, 6.07) is 103. The first-order chi connectivity index (χ1) is 44.5. The van der Waals surface area contributed by atoms with E-state index < -0.39 is 10.8 Å². The molecule has 0 saturated heterocycles. The van der Waals surface area contributed by atoms with Crippen LogP contribution in [0.1, 0.15) is 106 Å². The van der Waals surface area contributed by atoms with Gasteiger partial charge in [0.05, 0.1) is 16.5 Å². The van der Waals surface area contributed by atoms with E-state index in [0.29, 0.717) is 0 Å². The van der Waals surface area contributed by atoms with Crippen LogP contribution in [0.5, 0.6) is 0 Å². The Bertz CT molecular complexity index is 5510. The van der Waals surface area contributed by atoms with E-state index in [-0.39, 0.29) is 10.8 Å². The highest BCUT2D eigenvalue weighted by Crippen LogP contribution is 2.67. The van der Waals surface area contributed by atoms with Gasteiger partial charge >= 0.3 is 0 Å². The lowest BCUT2D eigenvalue weighted by atomic mass is 9.66. The number of rotatable bonds is 7. The SMILES string of the molecule is Cc1cccc(C)c1N(c1ccc2c(c1)C(C)(C)c1c3c(c4oc5ccccc5c4c1-2)-c1ccccc1C3(C)C)c1ccc2c(c1)C(c1ccccc1)(c1ccccc1)c1cc3c(cc1-2)C(c1ccccc1)(c1ccccc1)c1ccc2oc4ccccc4c2c1-3. The van der Waals surface area contributed by atoms with Gasteiger partial charge in [-0.15, -0.1) is 0 Å². The Morgan fingerprint density at radius 1 is 0.297 bits per heavy atom. The van der Waals surface area contributed by atoms with Crippen molar-refractivity contribution in [2.24, 2.45) is 0 Å². The molecule has 0 amide bonds. The average molecular weight is 1170 g/mol. The smallest absolute Gasteiger partial charge is 0.144 e. The van der Waals surface area contributed by atoms with Crippen molar-refractivity contribution in [2.75, 3.05) is 4.90 Å². The Hall–Kier alpha value is -10.7. The zero-order chi connectivity index (χ0) is 60.9. The summed E-state index contributed by atoms with van der Waals surface area (Å²) in [5.41, 5.74) is 32.8. The van der Waals surface area contributed by atoms with Crippen LogP contribution in [0.3, 0.4) is 0 Å². The standard InChI is InChI=1S/C88H63NO2/c1-52-26-25-27-53(2)83(52)89(58-43-45-62-69(48-58)86(5,6)81-78(62)79-64-38-21-24-41-74(64)91-84(79)80-61-36-19-22-39-67(61)85(3,4)82(80)81)59-42-44-60-65-50-72-66(51-71(65)88(70(60)49-59,56-32-15-9-16-33-56)57-34-17-10-18-35-57)76-68(46-47-75-77(76)63-37-20-23-40-73(63)90-75)87(72,54-28-11-7-12-29-54)55-30-13-8-14-31-55/h7-51H,1-6H3. The molecule has 3 nitrogen and oxygen atoms in total. The van der Waals surface area contributed by atoms with Crippen molar-refractivity contribution in [3.8, 4) is 44.5 Å². The second-order valence-electron chi connectivity index (χ2n) is 27.0. The molecule has 0 N–H and O–H groups in total. The molecule has 4 aliphatic carbocycles. The summed E-state index contributed by atoms with van der Waals surface area (Å²) in [5.74, 6) is 0. The van der Waals surface area contributed by atoms with E-state index in [1.807, 2.05) is 0 Å². The Morgan fingerprint density at radius 3 is 1.38 bits per heavy atom. The molecular weight excluding hydrogens is 1100 g/mol. The molecule has 0 fully saturated rings. The number of nitrogens with zero attached hydrogens (tertiary/aromatic N) is 1. The van der Waals surface area contributed by atoms with E-state index in [1.165, 1.54) is 133 Å². The maximum atomic E-state index is 7.10. The topological polar surface area (TPSA) is 29.5 Å². The summed E-state index contributed by atoms with van der Waals surface area (Å²) in [7, 11) is 0. The molecule has 91 heavy (non-hydrogen) atoms. The van der Waals surface area contributed by atoms with Crippen LogP contribution >= 0.6 is 0 Å². The van der Waals surface area contributed by atoms with Crippen LogP contribution in [0.25, 0.3) is 88.4 Å². The summed E-state index contributed by atoms with van der Waals surface area (Å²) < 4.78 is 13.9. The molecule has 0 radical (unpaired) electrons. The molecular formula is C88H63NO2. The summed E-state index contributed by atoms with van der Waals surface area (Å²) in [5, 5.41) is 4.64. The average Bonchev–Trinajstić information content (AvgIpc) is 1.51. The van der Waals surface area contributed by atoms with Gasteiger partial charge in [-0.3, -0.25) is 0 Å². The van der Waals surface area contributed by atoms with E-state index in [4.69, 9.17) is 8.83 Å². The molecule has 0 atom stereocenters.